The van der Waals surface area contributed by atoms with Crippen molar-refractivity contribution in [2.45, 2.75) is 18.1 Å². The van der Waals surface area contributed by atoms with Crippen LogP contribution >= 0.6 is 15.9 Å². The molecule has 1 aliphatic carbocycles. The fourth-order valence-electron chi connectivity index (χ4n) is 2.45. The summed E-state index contributed by atoms with van der Waals surface area (Å²) in [6.45, 7) is 2.74. The van der Waals surface area contributed by atoms with Gasteiger partial charge in [0, 0.05) is 36.3 Å². The minimum Gasteiger partial charge on any atom is -0.369 e. The highest BCUT2D eigenvalue weighted by Crippen LogP contribution is 2.32. The van der Waals surface area contributed by atoms with Gasteiger partial charge >= 0.3 is 0 Å². The van der Waals surface area contributed by atoms with E-state index in [0.717, 1.165) is 36.1 Å². The maximum absolute atomic E-state index is 12.1. The van der Waals surface area contributed by atoms with Crippen molar-refractivity contribution >= 4 is 31.6 Å². The van der Waals surface area contributed by atoms with Gasteiger partial charge in [-0.15, -0.1) is 0 Å². The fraction of sp³-hybridized carbons (Fsp3) is 0.538. The highest BCUT2D eigenvalue weighted by Gasteiger charge is 2.40. The Hall–Kier alpha value is -0.590. The summed E-state index contributed by atoms with van der Waals surface area (Å²) in [5.41, 5.74) is 1.15. The smallest absolute Gasteiger partial charge is 0.217 e. The van der Waals surface area contributed by atoms with E-state index in [1.165, 1.54) is 0 Å². The van der Waals surface area contributed by atoms with Gasteiger partial charge in [0.15, 0.2) is 0 Å². The summed E-state index contributed by atoms with van der Waals surface area (Å²) in [4.78, 5) is 2.24. The van der Waals surface area contributed by atoms with Crippen LogP contribution in [-0.2, 0) is 10.0 Å². The molecule has 0 atom stereocenters. The van der Waals surface area contributed by atoms with Crippen LogP contribution in [0.4, 0.5) is 5.69 Å². The number of piperazine rings is 1. The molecule has 0 radical (unpaired) electrons. The van der Waals surface area contributed by atoms with Crippen LogP contribution in [0, 0.1) is 0 Å². The van der Waals surface area contributed by atoms with E-state index in [1.807, 2.05) is 12.1 Å². The molecule has 0 unspecified atom stereocenters. The number of hydrogen-bond acceptors (Lipinski definition) is 3. The van der Waals surface area contributed by atoms with Crippen LogP contribution in [0.1, 0.15) is 12.8 Å². The predicted octanol–water partition coefficient (Wildman–Crippen LogP) is 2.06. The number of rotatable bonds is 3. The van der Waals surface area contributed by atoms with Gasteiger partial charge in [0.25, 0.3) is 0 Å². The van der Waals surface area contributed by atoms with E-state index >= 15 is 0 Å². The average molecular weight is 345 g/mol. The second kappa shape index (κ2) is 5.07. The first-order chi connectivity index (χ1) is 9.07. The van der Waals surface area contributed by atoms with Crippen molar-refractivity contribution in [3.05, 3.63) is 28.7 Å². The monoisotopic (exact) mass is 344 g/mol. The van der Waals surface area contributed by atoms with Gasteiger partial charge in [-0.3, -0.25) is 0 Å². The van der Waals surface area contributed by atoms with Gasteiger partial charge in [0.1, 0.15) is 0 Å². The number of sulfonamides is 1. The topological polar surface area (TPSA) is 40.6 Å². The van der Waals surface area contributed by atoms with Gasteiger partial charge in [0.05, 0.1) is 5.25 Å². The molecule has 104 valence electrons. The normalized spacial score (nSPS) is 21.6. The summed E-state index contributed by atoms with van der Waals surface area (Å²) in [6, 6.07) is 8.14. The second-order valence-electron chi connectivity index (χ2n) is 5.11. The highest BCUT2D eigenvalue weighted by atomic mass is 79.9. The summed E-state index contributed by atoms with van der Waals surface area (Å²) in [6.07, 6.45) is 1.68. The molecule has 0 bridgehead atoms. The zero-order valence-electron chi connectivity index (χ0n) is 10.6. The third-order valence-corrected chi connectivity index (χ3v) is 6.61. The summed E-state index contributed by atoms with van der Waals surface area (Å²) in [5, 5.41) is -0.0927. The van der Waals surface area contributed by atoms with Crippen LogP contribution < -0.4 is 4.90 Å². The summed E-state index contributed by atoms with van der Waals surface area (Å²) in [5.74, 6) is 0. The molecule has 1 aliphatic heterocycles. The first-order valence-corrected chi connectivity index (χ1v) is 8.86. The molecule has 19 heavy (non-hydrogen) atoms. The SMILES string of the molecule is O=S(=O)(C1CC1)N1CCN(c2cccc(Br)c2)CC1. The maximum atomic E-state index is 12.1. The van der Waals surface area contributed by atoms with Gasteiger partial charge in [0.2, 0.25) is 10.0 Å². The van der Waals surface area contributed by atoms with Gasteiger partial charge in [-0.1, -0.05) is 22.0 Å². The van der Waals surface area contributed by atoms with Crippen LogP contribution in [0.2, 0.25) is 0 Å². The van der Waals surface area contributed by atoms with Crippen molar-refractivity contribution in [2.24, 2.45) is 0 Å². The summed E-state index contributed by atoms with van der Waals surface area (Å²) in [7, 11) is -3.01. The van der Waals surface area contributed by atoms with Gasteiger partial charge < -0.3 is 4.90 Å². The molecule has 0 N–H and O–H groups in total. The van der Waals surface area contributed by atoms with Crippen LogP contribution in [0.5, 0.6) is 0 Å². The molecule has 1 aromatic rings. The molecule has 0 amide bonds. The first kappa shape index (κ1) is 13.4. The van der Waals surface area contributed by atoms with E-state index < -0.39 is 10.0 Å². The molecule has 0 aromatic heterocycles. The van der Waals surface area contributed by atoms with Crippen molar-refractivity contribution in [2.75, 3.05) is 31.1 Å². The van der Waals surface area contributed by atoms with E-state index in [9.17, 15) is 8.42 Å². The summed E-state index contributed by atoms with van der Waals surface area (Å²) < 4.78 is 27.0. The Morgan fingerprint density at radius 2 is 1.79 bits per heavy atom. The molecule has 4 nitrogen and oxygen atoms in total. The van der Waals surface area contributed by atoms with E-state index in [2.05, 4.69) is 33.0 Å². The standard InChI is InChI=1S/C13H17BrN2O2S/c14-11-2-1-3-12(10-11)15-6-8-16(9-7-15)19(17,18)13-4-5-13/h1-3,10,13H,4-9H2. The Morgan fingerprint density at radius 1 is 1.11 bits per heavy atom. The van der Waals surface area contributed by atoms with Crippen LogP contribution in [-0.4, -0.2) is 44.2 Å². The molecule has 1 saturated heterocycles. The molecule has 3 rings (SSSR count). The molecule has 6 heteroatoms. The van der Waals surface area contributed by atoms with Crippen molar-refractivity contribution < 1.29 is 8.42 Å². The number of benzene rings is 1. The molecule has 1 saturated carbocycles. The molecule has 1 heterocycles. The van der Waals surface area contributed by atoms with Crippen LogP contribution in [0.25, 0.3) is 0 Å². The Morgan fingerprint density at radius 3 is 2.37 bits per heavy atom. The molecule has 1 aromatic carbocycles. The lowest BCUT2D eigenvalue weighted by Crippen LogP contribution is -2.49. The molecule has 2 fully saturated rings. The lowest BCUT2D eigenvalue weighted by Gasteiger charge is -2.35. The quantitative estimate of drug-likeness (QED) is 0.842. The van der Waals surface area contributed by atoms with E-state index in [4.69, 9.17) is 0 Å². The van der Waals surface area contributed by atoms with Gasteiger partial charge in [-0.05, 0) is 31.0 Å². The van der Waals surface area contributed by atoms with Crippen LogP contribution in [0.15, 0.2) is 28.7 Å². The van der Waals surface area contributed by atoms with E-state index in [0.29, 0.717) is 13.1 Å². The minimum atomic E-state index is -3.01. The van der Waals surface area contributed by atoms with Crippen LogP contribution in [0.3, 0.4) is 0 Å². The number of anilines is 1. The van der Waals surface area contributed by atoms with Crippen molar-refractivity contribution in [1.29, 1.82) is 0 Å². The number of halogens is 1. The van der Waals surface area contributed by atoms with E-state index in [1.54, 1.807) is 4.31 Å². The van der Waals surface area contributed by atoms with Crippen molar-refractivity contribution in [3.8, 4) is 0 Å². The fourth-order valence-corrected chi connectivity index (χ4v) is 4.66. The number of nitrogens with zero attached hydrogens (tertiary/aromatic N) is 2. The maximum Gasteiger partial charge on any atom is 0.217 e. The molecular weight excluding hydrogens is 328 g/mol. The minimum absolute atomic E-state index is 0.0927. The first-order valence-electron chi connectivity index (χ1n) is 6.57. The highest BCUT2D eigenvalue weighted by molar-refractivity contribution is 9.10. The Balaban J connectivity index is 1.66. The Labute approximate surface area is 122 Å². The Bertz CT molecular complexity index is 564. The lowest BCUT2D eigenvalue weighted by molar-refractivity contribution is 0.384. The largest absolute Gasteiger partial charge is 0.369 e. The third kappa shape index (κ3) is 2.80. The van der Waals surface area contributed by atoms with Gasteiger partial charge in [-0.2, -0.15) is 4.31 Å². The number of hydrogen-bond donors (Lipinski definition) is 0. The lowest BCUT2D eigenvalue weighted by atomic mass is 10.2. The zero-order chi connectivity index (χ0) is 13.5. The predicted molar refractivity (Wildman–Crippen MR) is 79.9 cm³/mol. The second-order valence-corrected chi connectivity index (χ2v) is 8.24. The molecular formula is C13H17BrN2O2S. The van der Waals surface area contributed by atoms with Gasteiger partial charge in [-0.25, -0.2) is 8.42 Å². The third-order valence-electron chi connectivity index (χ3n) is 3.72. The molecule has 0 spiro atoms. The van der Waals surface area contributed by atoms with E-state index in [-0.39, 0.29) is 5.25 Å². The summed E-state index contributed by atoms with van der Waals surface area (Å²) >= 11 is 3.47. The average Bonchev–Trinajstić information content (AvgIpc) is 3.23. The van der Waals surface area contributed by atoms with Crippen molar-refractivity contribution in [1.82, 2.24) is 4.31 Å². The van der Waals surface area contributed by atoms with Crippen molar-refractivity contribution in [3.63, 3.8) is 0 Å². The zero-order valence-corrected chi connectivity index (χ0v) is 13.0. The Kier molecular flexibility index (Phi) is 3.57. The molecule has 2 aliphatic rings.